The number of aliphatic hydroxyl groups excluding tert-OH is 1. The molecule has 0 radical (unpaired) electrons. The molecule has 212 valence electrons. The Bertz CT molecular complexity index is 781. The highest BCUT2D eigenvalue weighted by Crippen LogP contribution is 2.27. The van der Waals surface area contributed by atoms with E-state index < -0.39 is 54.4 Å². The Morgan fingerprint density at radius 1 is 0.892 bits per heavy atom. The summed E-state index contributed by atoms with van der Waals surface area (Å²) >= 11 is 0. The molecule has 1 aliphatic carbocycles. The molecule has 0 bridgehead atoms. The molecule has 1 fully saturated rings. The van der Waals surface area contributed by atoms with Crippen molar-refractivity contribution in [2.75, 3.05) is 13.2 Å². The molecule has 12 N–H and O–H groups in total. The van der Waals surface area contributed by atoms with Crippen molar-refractivity contribution in [1.82, 2.24) is 16.0 Å². The fourth-order valence-electron chi connectivity index (χ4n) is 4.37. The number of nitrogens with one attached hydrogen (secondary N) is 3. The summed E-state index contributed by atoms with van der Waals surface area (Å²) in [4.78, 5) is 54.4. The number of guanidine groups is 1. The summed E-state index contributed by atoms with van der Waals surface area (Å²) in [6.07, 6.45) is 6.59. The van der Waals surface area contributed by atoms with Gasteiger partial charge in [0, 0.05) is 6.54 Å². The second kappa shape index (κ2) is 16.7. The highest BCUT2D eigenvalue weighted by Gasteiger charge is 2.32. The van der Waals surface area contributed by atoms with E-state index in [9.17, 15) is 24.3 Å². The number of nitrogens with zero attached hydrogens (tertiary/aromatic N) is 1. The van der Waals surface area contributed by atoms with E-state index in [1.54, 1.807) is 0 Å². The van der Waals surface area contributed by atoms with Crippen LogP contribution < -0.4 is 38.9 Å². The number of aliphatic imine (C=N–C) groups is 1. The molecule has 4 atom stereocenters. The molecule has 0 heterocycles. The number of primary amides is 1. The second-order valence-corrected chi connectivity index (χ2v) is 10.2. The summed E-state index contributed by atoms with van der Waals surface area (Å²) in [7, 11) is 0. The first-order chi connectivity index (χ1) is 17.4. The Morgan fingerprint density at radius 2 is 1.46 bits per heavy atom. The average molecular weight is 527 g/mol. The van der Waals surface area contributed by atoms with Crippen LogP contribution in [-0.2, 0) is 19.2 Å². The lowest BCUT2D eigenvalue weighted by Gasteiger charge is -2.29. The van der Waals surface area contributed by atoms with Gasteiger partial charge >= 0.3 is 0 Å². The normalized spacial score (nSPS) is 17.2. The van der Waals surface area contributed by atoms with Gasteiger partial charge in [0.1, 0.15) is 18.1 Å². The Balaban J connectivity index is 2.93. The van der Waals surface area contributed by atoms with E-state index in [2.05, 4.69) is 20.9 Å². The fraction of sp³-hybridized carbons (Fsp3) is 0.792. The van der Waals surface area contributed by atoms with Crippen molar-refractivity contribution in [3.63, 3.8) is 0 Å². The lowest BCUT2D eigenvalue weighted by Crippen LogP contribution is -2.58. The van der Waals surface area contributed by atoms with Gasteiger partial charge in [0.15, 0.2) is 5.96 Å². The number of carbonyl (C=O) groups is 4. The van der Waals surface area contributed by atoms with Crippen molar-refractivity contribution in [3.8, 4) is 0 Å². The third-order valence-corrected chi connectivity index (χ3v) is 6.41. The molecule has 37 heavy (non-hydrogen) atoms. The smallest absolute Gasteiger partial charge is 0.243 e. The van der Waals surface area contributed by atoms with Gasteiger partial charge in [0.05, 0.1) is 12.6 Å². The molecule has 0 spiro atoms. The van der Waals surface area contributed by atoms with Crippen LogP contribution in [0.5, 0.6) is 0 Å². The van der Waals surface area contributed by atoms with E-state index in [1.807, 2.05) is 13.8 Å². The third kappa shape index (κ3) is 12.7. The van der Waals surface area contributed by atoms with Crippen LogP contribution in [-0.4, -0.2) is 72.0 Å². The van der Waals surface area contributed by atoms with Gasteiger partial charge < -0.3 is 44.0 Å². The van der Waals surface area contributed by atoms with Gasteiger partial charge in [-0.1, -0.05) is 46.0 Å². The van der Waals surface area contributed by atoms with E-state index in [-0.39, 0.29) is 17.8 Å². The van der Waals surface area contributed by atoms with E-state index in [4.69, 9.17) is 22.9 Å². The van der Waals surface area contributed by atoms with Gasteiger partial charge in [-0.3, -0.25) is 24.2 Å². The molecule has 1 rings (SSSR count). The first kappa shape index (κ1) is 32.1. The summed E-state index contributed by atoms with van der Waals surface area (Å²) in [5, 5.41) is 17.3. The zero-order chi connectivity index (χ0) is 28.0. The van der Waals surface area contributed by atoms with E-state index >= 15 is 0 Å². The van der Waals surface area contributed by atoms with Gasteiger partial charge in [-0.05, 0) is 37.5 Å². The standard InChI is InChI=1S/C24H46N8O5/c1-14(2)11-17(30-21(35)16(25)9-6-10-29-24(27)28)22(36)31-18(12-15-7-4-3-5-8-15)23(37)32-19(13-33)20(26)34/h14-19,33H,3-13,25H2,1-2H3,(H2,26,34)(H,30,35)(H,31,36)(H,32,37)(H4,27,28,29)/t16-,17-,18-,19-/m0/s1. The van der Waals surface area contributed by atoms with E-state index in [1.165, 1.54) is 0 Å². The van der Waals surface area contributed by atoms with Gasteiger partial charge in [-0.2, -0.15) is 0 Å². The van der Waals surface area contributed by atoms with Gasteiger partial charge in [-0.25, -0.2) is 0 Å². The molecule has 13 heteroatoms. The number of rotatable bonds is 16. The number of amides is 4. The topological polar surface area (TPSA) is 241 Å². The van der Waals surface area contributed by atoms with Crippen LogP contribution in [0.25, 0.3) is 0 Å². The molecule has 0 unspecified atom stereocenters. The maximum atomic E-state index is 13.3. The van der Waals surface area contributed by atoms with Gasteiger partial charge in [0.25, 0.3) is 0 Å². The predicted molar refractivity (Wildman–Crippen MR) is 141 cm³/mol. The van der Waals surface area contributed by atoms with Crippen LogP contribution in [0.4, 0.5) is 0 Å². The average Bonchev–Trinajstić information content (AvgIpc) is 2.83. The highest BCUT2D eigenvalue weighted by atomic mass is 16.3. The zero-order valence-electron chi connectivity index (χ0n) is 22.1. The van der Waals surface area contributed by atoms with Crippen molar-refractivity contribution < 1.29 is 24.3 Å². The molecule has 0 aromatic heterocycles. The third-order valence-electron chi connectivity index (χ3n) is 6.41. The van der Waals surface area contributed by atoms with Crippen LogP contribution in [0.1, 0.15) is 71.6 Å². The Morgan fingerprint density at radius 3 is 2.00 bits per heavy atom. The number of hydrogen-bond acceptors (Lipinski definition) is 7. The van der Waals surface area contributed by atoms with E-state index in [0.717, 1.165) is 32.1 Å². The van der Waals surface area contributed by atoms with Gasteiger partial charge in [-0.15, -0.1) is 0 Å². The molecule has 0 aliphatic heterocycles. The van der Waals surface area contributed by atoms with Crippen LogP contribution >= 0.6 is 0 Å². The number of hydrogen-bond donors (Lipinski definition) is 8. The maximum Gasteiger partial charge on any atom is 0.243 e. The van der Waals surface area contributed by atoms with Crippen LogP contribution in [0.15, 0.2) is 4.99 Å². The molecule has 0 saturated heterocycles. The van der Waals surface area contributed by atoms with Crippen LogP contribution in [0.2, 0.25) is 0 Å². The summed E-state index contributed by atoms with van der Waals surface area (Å²) < 4.78 is 0. The monoisotopic (exact) mass is 526 g/mol. The second-order valence-electron chi connectivity index (χ2n) is 10.2. The minimum Gasteiger partial charge on any atom is -0.394 e. The summed E-state index contributed by atoms with van der Waals surface area (Å²) in [5.41, 5.74) is 21.8. The zero-order valence-corrected chi connectivity index (χ0v) is 22.1. The number of aliphatic hydroxyl groups is 1. The molecule has 0 aromatic carbocycles. The van der Waals surface area contributed by atoms with Crippen molar-refractivity contribution in [2.45, 2.75) is 95.8 Å². The number of carbonyl (C=O) groups excluding carboxylic acids is 4. The minimum atomic E-state index is -1.26. The van der Waals surface area contributed by atoms with Crippen molar-refractivity contribution in [3.05, 3.63) is 0 Å². The SMILES string of the molecule is CC(C)C[C@H](NC(=O)[C@@H](N)CCCN=C(N)N)C(=O)N[C@@H](CC1CCCCC1)C(=O)N[C@@H](CO)C(N)=O. The summed E-state index contributed by atoms with van der Waals surface area (Å²) in [6.45, 7) is 3.49. The highest BCUT2D eigenvalue weighted by molar-refractivity contribution is 5.94. The fourth-order valence-corrected chi connectivity index (χ4v) is 4.37. The minimum absolute atomic E-state index is 0.0420. The van der Waals surface area contributed by atoms with Crippen LogP contribution in [0, 0.1) is 11.8 Å². The van der Waals surface area contributed by atoms with Gasteiger partial charge in [0.2, 0.25) is 23.6 Å². The molecule has 13 nitrogen and oxygen atoms in total. The first-order valence-electron chi connectivity index (χ1n) is 13.1. The van der Waals surface area contributed by atoms with Crippen molar-refractivity contribution in [1.29, 1.82) is 0 Å². The quantitative estimate of drug-likeness (QED) is 0.0654. The number of nitrogens with two attached hydrogens (primary N) is 4. The lowest BCUT2D eigenvalue weighted by atomic mass is 9.84. The summed E-state index contributed by atoms with van der Waals surface area (Å²) in [5.74, 6) is -2.26. The molecular weight excluding hydrogens is 480 g/mol. The summed E-state index contributed by atoms with van der Waals surface area (Å²) in [6, 6.07) is -3.99. The predicted octanol–water partition coefficient (Wildman–Crippen LogP) is -1.68. The molecule has 0 aromatic rings. The van der Waals surface area contributed by atoms with E-state index in [0.29, 0.717) is 32.2 Å². The van der Waals surface area contributed by atoms with Crippen LogP contribution in [0.3, 0.4) is 0 Å². The molecule has 4 amide bonds. The molecule has 1 saturated carbocycles. The molecule has 1 aliphatic rings. The Labute approximate surface area is 218 Å². The largest absolute Gasteiger partial charge is 0.394 e. The van der Waals surface area contributed by atoms with Crippen molar-refractivity contribution in [2.24, 2.45) is 39.8 Å². The van der Waals surface area contributed by atoms with Crippen molar-refractivity contribution >= 4 is 29.6 Å². The first-order valence-corrected chi connectivity index (χ1v) is 13.1. The molecular formula is C24H46N8O5. The maximum absolute atomic E-state index is 13.3. The Hall–Kier alpha value is -2.93. The Kier molecular flexibility index (Phi) is 14.5. The lowest BCUT2D eigenvalue weighted by molar-refractivity contribution is -0.134.